The first-order chi connectivity index (χ1) is 10.7. The summed E-state index contributed by atoms with van der Waals surface area (Å²) in [6.07, 6.45) is 6.39. The maximum atomic E-state index is 14.0. The van der Waals surface area contributed by atoms with E-state index in [1.165, 1.54) is 12.5 Å². The highest BCUT2D eigenvalue weighted by molar-refractivity contribution is 5.23. The predicted molar refractivity (Wildman–Crippen MR) is 82.2 cm³/mol. The molecule has 4 rings (SSSR count). The van der Waals surface area contributed by atoms with Crippen LogP contribution in [0, 0.1) is 5.82 Å². The summed E-state index contributed by atoms with van der Waals surface area (Å²) in [7, 11) is 0. The van der Waals surface area contributed by atoms with Crippen molar-refractivity contribution in [3.63, 3.8) is 0 Å². The first kappa shape index (κ1) is 13.9. The number of hydrogen-bond acceptors (Lipinski definition) is 3. The number of aromatic nitrogens is 3. The molecule has 0 bridgehead atoms. The van der Waals surface area contributed by atoms with Crippen LogP contribution < -0.4 is 5.32 Å². The molecule has 1 saturated heterocycles. The summed E-state index contributed by atoms with van der Waals surface area (Å²) in [5.74, 6) is 0.326. The highest BCUT2D eigenvalue weighted by atomic mass is 19.1. The van der Waals surface area contributed by atoms with Crippen molar-refractivity contribution < 1.29 is 4.39 Å². The molecule has 22 heavy (non-hydrogen) atoms. The van der Waals surface area contributed by atoms with Gasteiger partial charge >= 0.3 is 0 Å². The molecule has 5 heteroatoms. The molecule has 2 fully saturated rings. The Hall–Kier alpha value is -1.75. The third-order valence-corrected chi connectivity index (χ3v) is 5.29. The third-order valence-electron chi connectivity index (χ3n) is 5.29. The molecule has 1 aliphatic heterocycles. The highest BCUT2D eigenvalue weighted by Gasteiger charge is 2.49. The quantitative estimate of drug-likeness (QED) is 0.944. The molecular weight excluding hydrogens is 279 g/mol. The van der Waals surface area contributed by atoms with E-state index < -0.39 is 0 Å². The van der Waals surface area contributed by atoms with Crippen molar-refractivity contribution in [2.24, 2.45) is 0 Å². The van der Waals surface area contributed by atoms with Gasteiger partial charge in [-0.3, -0.25) is 0 Å². The summed E-state index contributed by atoms with van der Waals surface area (Å²) in [5, 5.41) is 12.2. The largest absolute Gasteiger partial charge is 0.311 e. The van der Waals surface area contributed by atoms with Gasteiger partial charge in [-0.25, -0.2) is 9.07 Å². The Morgan fingerprint density at radius 1 is 1.41 bits per heavy atom. The predicted octanol–water partition coefficient (Wildman–Crippen LogP) is 3.03. The van der Waals surface area contributed by atoms with Crippen LogP contribution in [0.2, 0.25) is 0 Å². The zero-order chi connectivity index (χ0) is 15.2. The van der Waals surface area contributed by atoms with Gasteiger partial charge in [0.1, 0.15) is 5.82 Å². The fourth-order valence-corrected chi connectivity index (χ4v) is 3.84. The maximum absolute atomic E-state index is 14.0. The minimum absolute atomic E-state index is 0.0849. The van der Waals surface area contributed by atoms with Crippen molar-refractivity contribution in [1.29, 1.82) is 0 Å². The van der Waals surface area contributed by atoms with Gasteiger partial charge in [0.2, 0.25) is 0 Å². The van der Waals surface area contributed by atoms with Gasteiger partial charge in [-0.15, -0.1) is 5.10 Å². The molecule has 116 valence electrons. The van der Waals surface area contributed by atoms with E-state index >= 15 is 0 Å². The van der Waals surface area contributed by atoms with Crippen LogP contribution in [-0.2, 0) is 0 Å². The summed E-state index contributed by atoms with van der Waals surface area (Å²) >= 11 is 0. The van der Waals surface area contributed by atoms with E-state index in [2.05, 4.69) is 22.6 Å². The van der Waals surface area contributed by atoms with Crippen LogP contribution in [0.25, 0.3) is 0 Å². The second kappa shape index (κ2) is 5.16. The Labute approximate surface area is 129 Å². The Morgan fingerprint density at radius 2 is 2.18 bits per heavy atom. The topological polar surface area (TPSA) is 42.7 Å². The lowest BCUT2D eigenvalue weighted by molar-refractivity contribution is 0.0748. The molecule has 0 unspecified atom stereocenters. The Kier molecular flexibility index (Phi) is 3.26. The lowest BCUT2D eigenvalue weighted by Crippen LogP contribution is -2.63. The monoisotopic (exact) mass is 300 g/mol. The van der Waals surface area contributed by atoms with E-state index in [4.69, 9.17) is 0 Å². The second-order valence-corrected chi connectivity index (χ2v) is 6.63. The molecule has 1 aromatic heterocycles. The van der Waals surface area contributed by atoms with Gasteiger partial charge in [0, 0.05) is 23.2 Å². The molecule has 1 aromatic carbocycles. The maximum Gasteiger partial charge on any atom is 0.128 e. The van der Waals surface area contributed by atoms with Crippen LogP contribution in [-0.4, -0.2) is 27.1 Å². The van der Waals surface area contributed by atoms with Crippen molar-refractivity contribution in [1.82, 2.24) is 20.3 Å². The number of hydrogen-bond donors (Lipinski definition) is 1. The molecule has 4 nitrogen and oxygen atoms in total. The van der Waals surface area contributed by atoms with E-state index in [0.717, 1.165) is 31.5 Å². The molecule has 1 aliphatic carbocycles. The molecule has 2 heterocycles. The number of rotatable bonds is 4. The van der Waals surface area contributed by atoms with Crippen molar-refractivity contribution in [3.05, 3.63) is 47.5 Å². The zero-order valence-electron chi connectivity index (χ0n) is 12.8. The van der Waals surface area contributed by atoms with Crippen LogP contribution in [0.3, 0.4) is 0 Å². The van der Waals surface area contributed by atoms with Crippen LogP contribution in [0.1, 0.15) is 55.8 Å². The lowest BCUT2D eigenvalue weighted by atomic mass is 9.62. The molecule has 0 amide bonds. The second-order valence-electron chi connectivity index (χ2n) is 6.63. The summed E-state index contributed by atoms with van der Waals surface area (Å²) < 4.78 is 15.9. The summed E-state index contributed by atoms with van der Waals surface area (Å²) in [5.41, 5.74) is 2.13. The summed E-state index contributed by atoms with van der Waals surface area (Å²) in [6, 6.07) is 6.85. The zero-order valence-corrected chi connectivity index (χ0v) is 12.8. The fourth-order valence-electron chi connectivity index (χ4n) is 3.84. The van der Waals surface area contributed by atoms with Crippen LogP contribution in [0.15, 0.2) is 30.5 Å². The van der Waals surface area contributed by atoms with Gasteiger partial charge in [-0.1, -0.05) is 30.3 Å². The van der Waals surface area contributed by atoms with E-state index in [-0.39, 0.29) is 11.9 Å². The van der Waals surface area contributed by atoms with E-state index in [0.29, 0.717) is 17.0 Å². The van der Waals surface area contributed by atoms with Gasteiger partial charge in [-0.2, -0.15) is 0 Å². The SMILES string of the molecule is CC[C@H](c1ccccc1F)n1cc(C2CC3(CCN3)C2)nn1. The first-order valence-corrected chi connectivity index (χ1v) is 8.12. The van der Waals surface area contributed by atoms with Crippen molar-refractivity contribution >= 4 is 0 Å². The molecule has 1 spiro atoms. The number of nitrogens with zero attached hydrogens (tertiary/aromatic N) is 3. The van der Waals surface area contributed by atoms with Crippen LogP contribution >= 0.6 is 0 Å². The number of nitrogens with one attached hydrogen (secondary N) is 1. The van der Waals surface area contributed by atoms with Crippen LogP contribution in [0.4, 0.5) is 4.39 Å². The van der Waals surface area contributed by atoms with Crippen molar-refractivity contribution in [2.45, 2.75) is 50.1 Å². The lowest BCUT2D eigenvalue weighted by Gasteiger charge is -2.54. The molecule has 2 aliphatic rings. The first-order valence-electron chi connectivity index (χ1n) is 8.12. The average molecular weight is 300 g/mol. The Bertz CT molecular complexity index is 669. The standard InChI is InChI=1S/C17H21FN4/c1-2-16(13-5-3-4-6-14(13)18)22-11-15(20-21-22)12-9-17(10-12)7-8-19-17/h3-6,11-12,16,19H,2,7-10H2,1H3/t12?,16-,17?/m1/s1. The third kappa shape index (κ3) is 2.15. The number of halogens is 1. The molecule has 2 aromatic rings. The Balaban J connectivity index is 1.54. The molecule has 0 radical (unpaired) electrons. The fraction of sp³-hybridized carbons (Fsp3) is 0.529. The molecule has 1 atom stereocenters. The van der Waals surface area contributed by atoms with Gasteiger partial charge < -0.3 is 5.32 Å². The molecule has 1 N–H and O–H groups in total. The highest BCUT2D eigenvalue weighted by Crippen LogP contribution is 2.49. The van der Waals surface area contributed by atoms with E-state index in [1.54, 1.807) is 6.07 Å². The van der Waals surface area contributed by atoms with E-state index in [9.17, 15) is 4.39 Å². The Morgan fingerprint density at radius 3 is 2.82 bits per heavy atom. The smallest absolute Gasteiger partial charge is 0.128 e. The molecule has 1 saturated carbocycles. The number of benzene rings is 1. The minimum Gasteiger partial charge on any atom is -0.311 e. The van der Waals surface area contributed by atoms with Gasteiger partial charge in [-0.05, 0) is 38.3 Å². The molecular formula is C17H21FN4. The van der Waals surface area contributed by atoms with Crippen molar-refractivity contribution in [2.75, 3.05) is 6.54 Å². The van der Waals surface area contributed by atoms with Crippen molar-refractivity contribution in [3.8, 4) is 0 Å². The summed E-state index contributed by atoms with van der Waals surface area (Å²) in [4.78, 5) is 0. The van der Waals surface area contributed by atoms with Gasteiger partial charge in [0.25, 0.3) is 0 Å². The van der Waals surface area contributed by atoms with Gasteiger partial charge in [0.05, 0.1) is 11.7 Å². The normalized spacial score (nSPS) is 28.2. The minimum atomic E-state index is -0.173. The van der Waals surface area contributed by atoms with Gasteiger partial charge in [0.15, 0.2) is 0 Å². The van der Waals surface area contributed by atoms with E-state index in [1.807, 2.05) is 23.0 Å². The summed E-state index contributed by atoms with van der Waals surface area (Å²) in [6.45, 7) is 3.19. The van der Waals surface area contributed by atoms with Crippen LogP contribution in [0.5, 0.6) is 0 Å². The average Bonchev–Trinajstić information content (AvgIpc) is 2.88.